The lowest BCUT2D eigenvalue weighted by molar-refractivity contribution is 0.102. The standard InChI is InChI=1S/C17H18N6O/c1-12-3-6-14(7-4-12)22-17(24)13-5-8-15(18-9-13)19-10-16-20-11-21-23(16)2/h3-9,11H,10H2,1-2H3,(H,18,19)(H,22,24). The van der Waals surface area contributed by atoms with Crippen molar-refractivity contribution in [2.45, 2.75) is 13.5 Å². The Kier molecular flexibility index (Phi) is 4.51. The lowest BCUT2D eigenvalue weighted by Gasteiger charge is -2.07. The van der Waals surface area contributed by atoms with E-state index >= 15 is 0 Å². The molecular weight excluding hydrogens is 304 g/mol. The highest BCUT2D eigenvalue weighted by molar-refractivity contribution is 6.04. The number of nitrogens with one attached hydrogen (secondary N) is 2. The molecule has 0 atom stereocenters. The fourth-order valence-electron chi connectivity index (χ4n) is 2.12. The lowest BCUT2D eigenvalue weighted by atomic mass is 10.2. The van der Waals surface area contributed by atoms with E-state index in [-0.39, 0.29) is 5.91 Å². The third-order valence-electron chi connectivity index (χ3n) is 3.57. The Hall–Kier alpha value is -3.22. The Bertz CT molecular complexity index is 823. The van der Waals surface area contributed by atoms with E-state index in [1.807, 2.05) is 38.2 Å². The molecule has 122 valence electrons. The first-order valence-corrected chi connectivity index (χ1v) is 7.52. The van der Waals surface area contributed by atoms with Gasteiger partial charge >= 0.3 is 0 Å². The first-order valence-electron chi connectivity index (χ1n) is 7.52. The maximum absolute atomic E-state index is 12.2. The number of anilines is 2. The number of aromatic nitrogens is 4. The van der Waals surface area contributed by atoms with Crippen LogP contribution in [0.25, 0.3) is 0 Å². The van der Waals surface area contributed by atoms with Crippen LogP contribution in [-0.2, 0) is 13.6 Å². The minimum absolute atomic E-state index is 0.189. The van der Waals surface area contributed by atoms with Crippen LogP contribution in [0.3, 0.4) is 0 Å². The van der Waals surface area contributed by atoms with Gasteiger partial charge in [-0.3, -0.25) is 9.48 Å². The van der Waals surface area contributed by atoms with Crippen molar-refractivity contribution in [3.8, 4) is 0 Å². The van der Waals surface area contributed by atoms with Crippen LogP contribution in [-0.4, -0.2) is 25.7 Å². The monoisotopic (exact) mass is 322 g/mol. The maximum atomic E-state index is 12.2. The third kappa shape index (κ3) is 3.75. The van der Waals surface area contributed by atoms with E-state index in [1.54, 1.807) is 23.0 Å². The number of hydrogen-bond donors (Lipinski definition) is 2. The highest BCUT2D eigenvalue weighted by Gasteiger charge is 2.07. The number of rotatable bonds is 5. The fraction of sp³-hybridized carbons (Fsp3) is 0.176. The van der Waals surface area contributed by atoms with Gasteiger partial charge in [-0.25, -0.2) is 9.97 Å². The quantitative estimate of drug-likeness (QED) is 0.753. The van der Waals surface area contributed by atoms with E-state index in [1.165, 1.54) is 6.33 Å². The molecule has 0 fully saturated rings. The number of amides is 1. The van der Waals surface area contributed by atoms with Gasteiger partial charge in [0.2, 0.25) is 0 Å². The molecule has 3 rings (SSSR count). The number of hydrogen-bond acceptors (Lipinski definition) is 5. The molecule has 24 heavy (non-hydrogen) atoms. The summed E-state index contributed by atoms with van der Waals surface area (Å²) in [5, 5.41) is 9.99. The van der Waals surface area contributed by atoms with Crippen molar-refractivity contribution >= 4 is 17.4 Å². The van der Waals surface area contributed by atoms with E-state index < -0.39 is 0 Å². The van der Waals surface area contributed by atoms with Gasteiger partial charge < -0.3 is 10.6 Å². The first-order chi connectivity index (χ1) is 11.6. The van der Waals surface area contributed by atoms with E-state index in [0.717, 1.165) is 17.1 Å². The van der Waals surface area contributed by atoms with Crippen molar-refractivity contribution in [1.29, 1.82) is 0 Å². The van der Waals surface area contributed by atoms with Gasteiger partial charge in [0.05, 0.1) is 12.1 Å². The number of carbonyl (C=O) groups excluding carboxylic acids is 1. The molecule has 7 nitrogen and oxygen atoms in total. The van der Waals surface area contributed by atoms with Gasteiger partial charge in [0, 0.05) is 18.9 Å². The summed E-state index contributed by atoms with van der Waals surface area (Å²) < 4.78 is 1.69. The average Bonchev–Trinajstić information content (AvgIpc) is 3.00. The zero-order valence-corrected chi connectivity index (χ0v) is 13.5. The minimum Gasteiger partial charge on any atom is -0.363 e. The number of pyridine rings is 1. The number of aryl methyl sites for hydroxylation is 2. The number of nitrogens with zero attached hydrogens (tertiary/aromatic N) is 4. The summed E-state index contributed by atoms with van der Waals surface area (Å²) >= 11 is 0. The summed E-state index contributed by atoms with van der Waals surface area (Å²) in [6.07, 6.45) is 3.05. The normalized spacial score (nSPS) is 10.4. The van der Waals surface area contributed by atoms with Crippen molar-refractivity contribution in [1.82, 2.24) is 19.7 Å². The summed E-state index contributed by atoms with van der Waals surface area (Å²) in [6.45, 7) is 2.51. The van der Waals surface area contributed by atoms with Gasteiger partial charge in [-0.1, -0.05) is 17.7 Å². The van der Waals surface area contributed by atoms with Gasteiger partial charge in [0.15, 0.2) is 0 Å². The zero-order valence-electron chi connectivity index (χ0n) is 13.5. The summed E-state index contributed by atoms with van der Waals surface area (Å²) in [6, 6.07) is 11.1. The second-order valence-electron chi connectivity index (χ2n) is 5.41. The molecule has 0 aliphatic rings. The smallest absolute Gasteiger partial charge is 0.257 e. The van der Waals surface area contributed by atoms with Crippen molar-refractivity contribution in [3.63, 3.8) is 0 Å². The van der Waals surface area contributed by atoms with Crippen LogP contribution in [0.15, 0.2) is 48.9 Å². The van der Waals surface area contributed by atoms with Crippen molar-refractivity contribution < 1.29 is 4.79 Å². The largest absolute Gasteiger partial charge is 0.363 e. The molecule has 0 saturated carbocycles. The minimum atomic E-state index is -0.189. The average molecular weight is 322 g/mol. The van der Waals surface area contributed by atoms with Gasteiger partial charge in [0.25, 0.3) is 5.91 Å². The molecule has 0 aliphatic carbocycles. The topological polar surface area (TPSA) is 84.7 Å². The first kappa shape index (κ1) is 15.7. The molecule has 0 bridgehead atoms. The van der Waals surface area contributed by atoms with Gasteiger partial charge in [0.1, 0.15) is 18.0 Å². The molecule has 0 unspecified atom stereocenters. The van der Waals surface area contributed by atoms with Gasteiger partial charge in [-0.2, -0.15) is 5.10 Å². The molecule has 3 aromatic rings. The second kappa shape index (κ2) is 6.91. The lowest BCUT2D eigenvalue weighted by Crippen LogP contribution is -2.13. The summed E-state index contributed by atoms with van der Waals surface area (Å²) in [7, 11) is 1.83. The van der Waals surface area contributed by atoms with Gasteiger partial charge in [-0.05, 0) is 31.2 Å². The third-order valence-corrected chi connectivity index (χ3v) is 3.57. The molecule has 2 heterocycles. The van der Waals surface area contributed by atoms with Crippen molar-refractivity contribution in [2.24, 2.45) is 7.05 Å². The van der Waals surface area contributed by atoms with E-state index in [0.29, 0.717) is 17.9 Å². The van der Waals surface area contributed by atoms with E-state index in [2.05, 4.69) is 25.7 Å². The predicted molar refractivity (Wildman–Crippen MR) is 91.7 cm³/mol. The fourth-order valence-corrected chi connectivity index (χ4v) is 2.12. The molecule has 2 N–H and O–H groups in total. The Morgan fingerprint density at radius 1 is 1.12 bits per heavy atom. The summed E-state index contributed by atoms with van der Waals surface area (Å²) in [5.41, 5.74) is 2.41. The van der Waals surface area contributed by atoms with E-state index in [4.69, 9.17) is 0 Å². The molecule has 2 aromatic heterocycles. The Morgan fingerprint density at radius 3 is 2.54 bits per heavy atom. The Balaban J connectivity index is 1.60. The summed E-state index contributed by atoms with van der Waals surface area (Å²) in [4.78, 5) is 20.6. The molecule has 0 saturated heterocycles. The molecule has 0 spiro atoms. The SMILES string of the molecule is Cc1ccc(NC(=O)c2ccc(NCc3ncnn3C)nc2)cc1. The maximum Gasteiger partial charge on any atom is 0.257 e. The molecule has 1 aromatic carbocycles. The van der Waals surface area contributed by atoms with Crippen molar-refractivity contribution in [2.75, 3.05) is 10.6 Å². The number of carbonyl (C=O) groups is 1. The van der Waals surface area contributed by atoms with Crippen LogP contribution < -0.4 is 10.6 Å². The second-order valence-corrected chi connectivity index (χ2v) is 5.41. The molecule has 7 heteroatoms. The summed E-state index contributed by atoms with van der Waals surface area (Å²) in [5.74, 6) is 1.29. The number of benzene rings is 1. The highest BCUT2D eigenvalue weighted by Crippen LogP contribution is 2.12. The molecule has 0 radical (unpaired) electrons. The highest BCUT2D eigenvalue weighted by atomic mass is 16.1. The Morgan fingerprint density at radius 2 is 1.92 bits per heavy atom. The van der Waals surface area contributed by atoms with Crippen LogP contribution in [0.2, 0.25) is 0 Å². The Labute approximate surface area is 139 Å². The zero-order chi connectivity index (χ0) is 16.9. The van der Waals surface area contributed by atoms with E-state index in [9.17, 15) is 4.79 Å². The van der Waals surface area contributed by atoms with Crippen LogP contribution >= 0.6 is 0 Å². The van der Waals surface area contributed by atoms with Crippen LogP contribution in [0.5, 0.6) is 0 Å². The van der Waals surface area contributed by atoms with Crippen LogP contribution in [0, 0.1) is 6.92 Å². The predicted octanol–water partition coefficient (Wildman–Crippen LogP) is 2.38. The molecule has 1 amide bonds. The molecular formula is C17H18N6O. The van der Waals surface area contributed by atoms with Crippen LogP contribution in [0.1, 0.15) is 21.7 Å². The van der Waals surface area contributed by atoms with Gasteiger partial charge in [-0.15, -0.1) is 0 Å². The van der Waals surface area contributed by atoms with Crippen molar-refractivity contribution in [3.05, 3.63) is 65.9 Å². The van der Waals surface area contributed by atoms with Crippen LogP contribution in [0.4, 0.5) is 11.5 Å². The molecule has 0 aliphatic heterocycles.